The van der Waals surface area contributed by atoms with Gasteiger partial charge in [-0.1, -0.05) is 38.1 Å². The highest BCUT2D eigenvalue weighted by Crippen LogP contribution is 2.43. The van der Waals surface area contributed by atoms with E-state index in [0.717, 1.165) is 5.56 Å². The lowest BCUT2D eigenvalue weighted by Crippen LogP contribution is -2.35. The molecule has 0 aromatic heterocycles. The van der Waals surface area contributed by atoms with Gasteiger partial charge in [0.05, 0.1) is 5.25 Å². The van der Waals surface area contributed by atoms with Crippen LogP contribution in [0.4, 0.5) is 0 Å². The number of rotatable bonds is 6. The molecule has 0 bridgehead atoms. The molecule has 1 aliphatic heterocycles. The summed E-state index contributed by atoms with van der Waals surface area (Å²) in [6, 6.07) is 8.15. The van der Waals surface area contributed by atoms with Gasteiger partial charge in [-0.2, -0.15) is 0 Å². The van der Waals surface area contributed by atoms with Gasteiger partial charge >= 0.3 is 0 Å². The average molecular weight is 334 g/mol. The van der Waals surface area contributed by atoms with Gasteiger partial charge in [-0.25, -0.2) is 0 Å². The summed E-state index contributed by atoms with van der Waals surface area (Å²) in [7, 11) is 0. The molecule has 1 heterocycles. The van der Waals surface area contributed by atoms with Crippen molar-refractivity contribution in [1.29, 1.82) is 0 Å². The molecule has 1 saturated heterocycles. The summed E-state index contributed by atoms with van der Waals surface area (Å²) in [5.41, 5.74) is 2.35. The molecule has 1 aromatic carbocycles. The molecule has 5 heteroatoms. The monoisotopic (exact) mass is 334 g/mol. The highest BCUT2D eigenvalue weighted by molar-refractivity contribution is 8.01. The summed E-state index contributed by atoms with van der Waals surface area (Å²) in [4.78, 5) is 26.3. The Morgan fingerprint density at radius 1 is 1.35 bits per heavy atom. The fraction of sp³-hybridized carbons (Fsp3) is 0.556. The molecule has 2 rings (SSSR count). The van der Waals surface area contributed by atoms with Gasteiger partial charge in [0.15, 0.2) is 0 Å². The number of amides is 2. The van der Waals surface area contributed by atoms with E-state index in [4.69, 9.17) is 0 Å². The summed E-state index contributed by atoms with van der Waals surface area (Å²) in [6.45, 7) is 9.29. The Bertz CT molecular complexity index is 574. The lowest BCUT2D eigenvalue weighted by atomic mass is 10.1. The number of hydrogen-bond donors (Lipinski definition) is 1. The maximum Gasteiger partial charge on any atom is 0.236 e. The van der Waals surface area contributed by atoms with Crippen LogP contribution < -0.4 is 5.32 Å². The molecule has 1 aliphatic rings. The summed E-state index contributed by atoms with van der Waals surface area (Å²) in [5.74, 6) is 0.571. The lowest BCUT2D eigenvalue weighted by Gasteiger charge is -2.25. The van der Waals surface area contributed by atoms with Crippen LogP contribution in [0.2, 0.25) is 0 Å². The minimum Gasteiger partial charge on any atom is -0.356 e. The lowest BCUT2D eigenvalue weighted by molar-refractivity contribution is -0.130. The minimum absolute atomic E-state index is 0.0107. The van der Waals surface area contributed by atoms with Gasteiger partial charge in [0.2, 0.25) is 11.8 Å². The molecule has 0 aliphatic carbocycles. The predicted octanol–water partition coefficient (Wildman–Crippen LogP) is 3.12. The standard InChI is InChI=1S/C18H26N2O2S/c1-12(2)11-19-16(21)9-10-20-17(22)14(4)23-18(20)15-8-6-5-7-13(15)3/h5-8,12,14,18H,9-11H2,1-4H3,(H,19,21)/t14-,18-/m0/s1. The van der Waals surface area contributed by atoms with Crippen LogP contribution in [-0.2, 0) is 9.59 Å². The Balaban J connectivity index is 2.04. The van der Waals surface area contributed by atoms with E-state index >= 15 is 0 Å². The zero-order valence-electron chi connectivity index (χ0n) is 14.3. The van der Waals surface area contributed by atoms with Gasteiger partial charge in [0, 0.05) is 19.5 Å². The van der Waals surface area contributed by atoms with Crippen LogP contribution in [0.5, 0.6) is 0 Å². The zero-order valence-corrected chi connectivity index (χ0v) is 15.2. The van der Waals surface area contributed by atoms with Gasteiger partial charge in [-0.05, 0) is 30.9 Å². The van der Waals surface area contributed by atoms with E-state index in [1.807, 2.05) is 24.0 Å². The molecule has 23 heavy (non-hydrogen) atoms. The molecule has 0 unspecified atom stereocenters. The Kier molecular flexibility index (Phi) is 6.10. The van der Waals surface area contributed by atoms with Crippen molar-refractivity contribution in [3.63, 3.8) is 0 Å². The second-order valence-electron chi connectivity index (χ2n) is 6.47. The fourth-order valence-corrected chi connectivity index (χ4v) is 4.04. The van der Waals surface area contributed by atoms with Gasteiger partial charge in [-0.3, -0.25) is 9.59 Å². The van der Waals surface area contributed by atoms with Crippen molar-refractivity contribution in [3.8, 4) is 0 Å². The molecule has 2 atom stereocenters. The van der Waals surface area contributed by atoms with E-state index in [-0.39, 0.29) is 22.4 Å². The van der Waals surface area contributed by atoms with Crippen molar-refractivity contribution in [3.05, 3.63) is 35.4 Å². The second kappa shape index (κ2) is 7.86. The molecule has 1 fully saturated rings. The normalized spacial score (nSPS) is 21.1. The third kappa shape index (κ3) is 4.50. The molecule has 1 N–H and O–H groups in total. The fourth-order valence-electron chi connectivity index (χ4n) is 2.63. The smallest absolute Gasteiger partial charge is 0.236 e. The topological polar surface area (TPSA) is 49.4 Å². The second-order valence-corrected chi connectivity index (χ2v) is 7.89. The first kappa shape index (κ1) is 17.9. The zero-order chi connectivity index (χ0) is 17.0. The molecule has 0 radical (unpaired) electrons. The van der Waals surface area contributed by atoms with E-state index in [2.05, 4.69) is 38.2 Å². The number of thioether (sulfide) groups is 1. The summed E-state index contributed by atoms with van der Waals surface area (Å²) >= 11 is 1.66. The van der Waals surface area contributed by atoms with Crippen molar-refractivity contribution in [1.82, 2.24) is 10.2 Å². The largest absolute Gasteiger partial charge is 0.356 e. The van der Waals surface area contributed by atoms with Crippen LogP contribution in [0, 0.1) is 12.8 Å². The summed E-state index contributed by atoms with van der Waals surface area (Å²) < 4.78 is 0. The molecule has 126 valence electrons. The van der Waals surface area contributed by atoms with Crippen molar-refractivity contribution < 1.29 is 9.59 Å². The van der Waals surface area contributed by atoms with Crippen LogP contribution >= 0.6 is 11.8 Å². The molecule has 4 nitrogen and oxygen atoms in total. The van der Waals surface area contributed by atoms with E-state index in [1.165, 1.54) is 5.56 Å². The van der Waals surface area contributed by atoms with Gasteiger partial charge < -0.3 is 10.2 Å². The first-order valence-electron chi connectivity index (χ1n) is 8.18. The molecule has 0 spiro atoms. The maximum absolute atomic E-state index is 12.5. The number of nitrogens with one attached hydrogen (secondary N) is 1. The van der Waals surface area contributed by atoms with E-state index < -0.39 is 0 Å². The quantitative estimate of drug-likeness (QED) is 0.869. The highest BCUT2D eigenvalue weighted by Gasteiger charge is 2.38. The van der Waals surface area contributed by atoms with Crippen LogP contribution in [0.15, 0.2) is 24.3 Å². The number of carbonyl (C=O) groups is 2. The number of carbonyl (C=O) groups excluding carboxylic acids is 2. The molecule has 1 aromatic rings. The number of aryl methyl sites for hydroxylation is 1. The van der Waals surface area contributed by atoms with E-state index in [0.29, 0.717) is 25.4 Å². The van der Waals surface area contributed by atoms with Gasteiger partial charge in [-0.15, -0.1) is 11.8 Å². The summed E-state index contributed by atoms with van der Waals surface area (Å²) in [5, 5.41) is 2.87. The Labute approximate surface area is 143 Å². The van der Waals surface area contributed by atoms with E-state index in [9.17, 15) is 9.59 Å². The SMILES string of the molecule is Cc1ccccc1[C@@H]1S[C@@H](C)C(=O)N1CCC(=O)NCC(C)C. The highest BCUT2D eigenvalue weighted by atomic mass is 32.2. The number of nitrogens with zero attached hydrogens (tertiary/aromatic N) is 1. The van der Waals surface area contributed by atoms with Crippen LogP contribution in [-0.4, -0.2) is 35.1 Å². The van der Waals surface area contributed by atoms with Crippen LogP contribution in [0.25, 0.3) is 0 Å². The van der Waals surface area contributed by atoms with E-state index in [1.54, 1.807) is 11.8 Å². The predicted molar refractivity (Wildman–Crippen MR) is 95.2 cm³/mol. The van der Waals surface area contributed by atoms with Crippen molar-refractivity contribution in [2.24, 2.45) is 5.92 Å². The molecular weight excluding hydrogens is 308 g/mol. The number of benzene rings is 1. The van der Waals surface area contributed by atoms with Crippen LogP contribution in [0.1, 0.15) is 43.7 Å². The third-order valence-corrected chi connectivity index (χ3v) is 5.36. The molecule has 2 amide bonds. The number of hydrogen-bond acceptors (Lipinski definition) is 3. The molecular formula is C18H26N2O2S. The average Bonchev–Trinajstić information content (AvgIpc) is 2.79. The maximum atomic E-state index is 12.5. The third-order valence-electron chi connectivity index (χ3n) is 3.99. The first-order valence-corrected chi connectivity index (χ1v) is 9.12. The Hall–Kier alpha value is -1.49. The molecule has 0 saturated carbocycles. The van der Waals surface area contributed by atoms with Gasteiger partial charge in [0.1, 0.15) is 5.37 Å². The first-order chi connectivity index (χ1) is 10.9. The van der Waals surface area contributed by atoms with Crippen molar-refractivity contribution in [2.45, 2.75) is 44.7 Å². The van der Waals surface area contributed by atoms with Crippen molar-refractivity contribution >= 4 is 23.6 Å². The summed E-state index contributed by atoms with van der Waals surface area (Å²) in [6.07, 6.45) is 0.355. The van der Waals surface area contributed by atoms with Gasteiger partial charge in [0.25, 0.3) is 0 Å². The van der Waals surface area contributed by atoms with Crippen LogP contribution in [0.3, 0.4) is 0 Å². The van der Waals surface area contributed by atoms with Crippen molar-refractivity contribution in [2.75, 3.05) is 13.1 Å². The minimum atomic E-state index is -0.0571. The Morgan fingerprint density at radius 3 is 2.70 bits per heavy atom. The Morgan fingerprint density at radius 2 is 2.04 bits per heavy atom.